The number of carbonyl (C=O) groups excluding carboxylic acids is 1. The number of morpholine rings is 1. The van der Waals surface area contributed by atoms with Crippen LogP contribution >= 0.6 is 0 Å². The van der Waals surface area contributed by atoms with Crippen LogP contribution in [-0.4, -0.2) is 66.2 Å². The molecule has 2 atom stereocenters. The summed E-state index contributed by atoms with van der Waals surface area (Å²) in [6.45, 7) is 4.64. The van der Waals surface area contributed by atoms with Crippen LogP contribution in [0.15, 0.2) is 29.1 Å². The van der Waals surface area contributed by atoms with Gasteiger partial charge in [0.1, 0.15) is 11.9 Å². The second kappa shape index (κ2) is 8.39. The lowest BCUT2D eigenvalue weighted by atomic mass is 10.2. The summed E-state index contributed by atoms with van der Waals surface area (Å²) in [4.78, 5) is 33.9. The Bertz CT molecular complexity index is 822. The van der Waals surface area contributed by atoms with Gasteiger partial charge < -0.3 is 20.4 Å². The molecule has 2 heterocycles. The number of para-hydroxylation sites is 1. The minimum absolute atomic E-state index is 0.114. The number of rotatable bonds is 6. The third-order valence-corrected chi connectivity index (χ3v) is 4.55. The van der Waals surface area contributed by atoms with Crippen LogP contribution in [0.5, 0.6) is 0 Å². The minimum atomic E-state index is -0.514. The Morgan fingerprint density at radius 1 is 1.46 bits per heavy atom. The van der Waals surface area contributed by atoms with Crippen LogP contribution in [0.3, 0.4) is 0 Å². The van der Waals surface area contributed by atoms with Crippen molar-refractivity contribution in [3.63, 3.8) is 0 Å². The standard InChI is InChI=1S/C18H25N5O3/c1-12(19-2)9-20-18(25)15-10-23(7-8-26-15)11-16-21-14-6-4-3-5-13(14)17(24)22-16/h3-6,12,15,19H,7-11H2,1-2H3,(H,20,25)(H,21,22,24). The van der Waals surface area contributed by atoms with E-state index in [1.807, 2.05) is 32.2 Å². The summed E-state index contributed by atoms with van der Waals surface area (Å²) >= 11 is 0. The number of benzene rings is 1. The van der Waals surface area contributed by atoms with Gasteiger partial charge in [0.15, 0.2) is 0 Å². The number of aromatic nitrogens is 2. The summed E-state index contributed by atoms with van der Waals surface area (Å²) in [6, 6.07) is 7.46. The van der Waals surface area contributed by atoms with E-state index in [9.17, 15) is 9.59 Å². The van der Waals surface area contributed by atoms with Crippen molar-refractivity contribution in [1.82, 2.24) is 25.5 Å². The first kappa shape index (κ1) is 18.5. The highest BCUT2D eigenvalue weighted by Crippen LogP contribution is 2.10. The monoisotopic (exact) mass is 359 g/mol. The number of nitrogens with zero attached hydrogens (tertiary/aromatic N) is 2. The predicted octanol–water partition coefficient (Wildman–Crippen LogP) is -0.152. The van der Waals surface area contributed by atoms with E-state index in [1.165, 1.54) is 0 Å². The van der Waals surface area contributed by atoms with E-state index in [0.29, 0.717) is 49.5 Å². The highest BCUT2D eigenvalue weighted by molar-refractivity contribution is 5.81. The maximum Gasteiger partial charge on any atom is 0.258 e. The Kier molecular flexibility index (Phi) is 5.97. The van der Waals surface area contributed by atoms with Crippen molar-refractivity contribution in [2.75, 3.05) is 33.3 Å². The number of hydrogen-bond acceptors (Lipinski definition) is 6. The van der Waals surface area contributed by atoms with Crippen molar-refractivity contribution in [2.24, 2.45) is 0 Å². The smallest absolute Gasteiger partial charge is 0.258 e. The molecule has 1 aliphatic heterocycles. The lowest BCUT2D eigenvalue weighted by molar-refractivity contribution is -0.138. The number of ether oxygens (including phenoxy) is 1. The quantitative estimate of drug-likeness (QED) is 0.663. The fourth-order valence-corrected chi connectivity index (χ4v) is 2.90. The number of hydrogen-bond donors (Lipinski definition) is 3. The second-order valence-electron chi connectivity index (χ2n) is 6.56. The van der Waals surface area contributed by atoms with E-state index < -0.39 is 6.10 Å². The molecule has 8 nitrogen and oxygen atoms in total. The topological polar surface area (TPSA) is 99.4 Å². The first-order chi connectivity index (χ1) is 12.6. The van der Waals surface area contributed by atoms with Gasteiger partial charge in [0.2, 0.25) is 0 Å². The molecule has 0 saturated carbocycles. The fourth-order valence-electron chi connectivity index (χ4n) is 2.90. The van der Waals surface area contributed by atoms with Crippen LogP contribution in [0, 0.1) is 0 Å². The van der Waals surface area contributed by atoms with E-state index in [2.05, 4.69) is 25.5 Å². The van der Waals surface area contributed by atoms with E-state index in [1.54, 1.807) is 6.07 Å². The summed E-state index contributed by atoms with van der Waals surface area (Å²) in [5.74, 6) is 0.482. The van der Waals surface area contributed by atoms with Gasteiger partial charge in [-0.3, -0.25) is 14.5 Å². The average molecular weight is 359 g/mol. The highest BCUT2D eigenvalue weighted by atomic mass is 16.5. The molecule has 1 aliphatic rings. The molecule has 2 unspecified atom stereocenters. The maximum atomic E-state index is 12.3. The molecule has 140 valence electrons. The third-order valence-electron chi connectivity index (χ3n) is 4.55. The Balaban J connectivity index is 1.63. The number of fused-ring (bicyclic) bond motifs is 1. The molecule has 3 rings (SSSR count). The number of H-pyrrole nitrogens is 1. The molecule has 8 heteroatoms. The van der Waals surface area contributed by atoms with Crippen LogP contribution in [-0.2, 0) is 16.1 Å². The summed E-state index contributed by atoms with van der Waals surface area (Å²) in [7, 11) is 1.85. The molecule has 2 aromatic rings. The van der Waals surface area contributed by atoms with Crippen molar-refractivity contribution in [3.05, 3.63) is 40.4 Å². The number of carbonyl (C=O) groups is 1. The molecular formula is C18H25N5O3. The first-order valence-corrected chi connectivity index (χ1v) is 8.83. The van der Waals surface area contributed by atoms with Gasteiger partial charge in [0.05, 0.1) is 24.1 Å². The summed E-state index contributed by atoms with van der Waals surface area (Å²) in [5.41, 5.74) is 0.532. The van der Waals surface area contributed by atoms with E-state index >= 15 is 0 Å². The first-order valence-electron chi connectivity index (χ1n) is 8.83. The Morgan fingerprint density at radius 2 is 2.27 bits per heavy atom. The Labute approximate surface area is 151 Å². The van der Waals surface area contributed by atoms with E-state index in [4.69, 9.17) is 4.74 Å². The lowest BCUT2D eigenvalue weighted by Gasteiger charge is -2.31. The lowest BCUT2D eigenvalue weighted by Crippen LogP contribution is -2.51. The number of nitrogens with one attached hydrogen (secondary N) is 3. The third kappa shape index (κ3) is 4.46. The van der Waals surface area contributed by atoms with Crippen molar-refractivity contribution in [2.45, 2.75) is 25.6 Å². The van der Waals surface area contributed by atoms with Gasteiger partial charge in [-0.15, -0.1) is 0 Å². The van der Waals surface area contributed by atoms with Crippen LogP contribution in [0.4, 0.5) is 0 Å². The Hall–Kier alpha value is -2.29. The van der Waals surface area contributed by atoms with Crippen LogP contribution in [0.2, 0.25) is 0 Å². The van der Waals surface area contributed by atoms with Gasteiger partial charge in [0.25, 0.3) is 11.5 Å². The molecule has 3 N–H and O–H groups in total. The van der Waals surface area contributed by atoms with Crippen molar-refractivity contribution in [3.8, 4) is 0 Å². The zero-order valence-corrected chi connectivity index (χ0v) is 15.1. The molecular weight excluding hydrogens is 334 g/mol. The number of amides is 1. The van der Waals surface area contributed by atoms with Crippen LogP contribution in [0.25, 0.3) is 10.9 Å². The molecule has 1 saturated heterocycles. The van der Waals surface area contributed by atoms with Crippen LogP contribution in [0.1, 0.15) is 12.7 Å². The fraction of sp³-hybridized carbons (Fsp3) is 0.500. The summed E-state index contributed by atoms with van der Waals surface area (Å²) in [5, 5.41) is 6.55. The number of aromatic amines is 1. The maximum absolute atomic E-state index is 12.3. The molecule has 0 radical (unpaired) electrons. The van der Waals surface area contributed by atoms with E-state index in [-0.39, 0.29) is 17.5 Å². The van der Waals surface area contributed by atoms with Gasteiger partial charge in [-0.25, -0.2) is 4.98 Å². The molecule has 0 spiro atoms. The van der Waals surface area contributed by atoms with Crippen molar-refractivity contribution in [1.29, 1.82) is 0 Å². The largest absolute Gasteiger partial charge is 0.366 e. The predicted molar refractivity (Wildman–Crippen MR) is 98.9 cm³/mol. The molecule has 1 aromatic carbocycles. The molecule has 26 heavy (non-hydrogen) atoms. The van der Waals surface area contributed by atoms with Crippen LogP contribution < -0.4 is 16.2 Å². The van der Waals surface area contributed by atoms with Gasteiger partial charge in [-0.1, -0.05) is 12.1 Å². The molecule has 1 fully saturated rings. The van der Waals surface area contributed by atoms with Gasteiger partial charge in [0, 0.05) is 25.7 Å². The van der Waals surface area contributed by atoms with Crippen molar-refractivity contribution >= 4 is 16.8 Å². The van der Waals surface area contributed by atoms with E-state index in [0.717, 1.165) is 0 Å². The Morgan fingerprint density at radius 3 is 3.08 bits per heavy atom. The number of likely N-dealkylation sites (N-methyl/N-ethyl adjacent to an activating group) is 1. The van der Waals surface area contributed by atoms with Crippen molar-refractivity contribution < 1.29 is 9.53 Å². The zero-order chi connectivity index (χ0) is 18.5. The minimum Gasteiger partial charge on any atom is -0.366 e. The molecule has 0 aliphatic carbocycles. The molecule has 0 bridgehead atoms. The highest BCUT2D eigenvalue weighted by Gasteiger charge is 2.27. The molecule has 1 aromatic heterocycles. The SMILES string of the molecule is CNC(C)CNC(=O)C1CN(Cc2nc3ccccc3c(=O)[nH]2)CCO1. The zero-order valence-electron chi connectivity index (χ0n) is 15.1. The average Bonchev–Trinajstić information content (AvgIpc) is 2.66. The summed E-state index contributed by atoms with van der Waals surface area (Å²) in [6.07, 6.45) is -0.514. The van der Waals surface area contributed by atoms with Gasteiger partial charge in [-0.2, -0.15) is 0 Å². The van der Waals surface area contributed by atoms with Gasteiger partial charge >= 0.3 is 0 Å². The second-order valence-corrected chi connectivity index (χ2v) is 6.56. The summed E-state index contributed by atoms with van der Waals surface area (Å²) < 4.78 is 5.60. The normalized spacial score (nSPS) is 19.4. The van der Waals surface area contributed by atoms with Gasteiger partial charge in [-0.05, 0) is 26.1 Å². The molecule has 1 amide bonds.